The second-order valence-corrected chi connectivity index (χ2v) is 10.9. The SMILES string of the molecule is CN(C(=O)OCC1c2ccccc2-c2ccccc21)[C@H](C(=O)O)[C@@H]1CN(C(=O)OC(C)(C)C)C(C)(C)O1. The Kier molecular flexibility index (Phi) is 6.94. The van der Waals surface area contributed by atoms with Crippen LogP contribution >= 0.6 is 0 Å². The van der Waals surface area contributed by atoms with Crippen molar-refractivity contribution in [3.05, 3.63) is 59.7 Å². The molecule has 1 fully saturated rings. The third-order valence-corrected chi connectivity index (χ3v) is 6.71. The van der Waals surface area contributed by atoms with Gasteiger partial charge in [-0.05, 0) is 56.9 Å². The highest BCUT2D eigenvalue weighted by molar-refractivity contribution is 5.82. The van der Waals surface area contributed by atoms with Crippen molar-refractivity contribution in [1.29, 1.82) is 0 Å². The van der Waals surface area contributed by atoms with E-state index in [-0.39, 0.29) is 19.1 Å². The Bertz CT molecular complexity index is 1160. The number of carboxylic acids is 1. The van der Waals surface area contributed by atoms with Gasteiger partial charge in [0.1, 0.15) is 24.0 Å². The van der Waals surface area contributed by atoms with Gasteiger partial charge in [0.2, 0.25) is 0 Å². The molecular weight excluding hydrogens is 476 g/mol. The standard InChI is InChI=1S/C28H34N2O7/c1-27(2,3)37-26(34)30-15-22(36-28(30,4)5)23(24(31)32)29(6)25(33)35-16-21-19-13-9-7-11-17(19)18-12-8-10-14-20(18)21/h7-14,21-23H,15-16H2,1-6H3,(H,31,32)/t22-,23-/m0/s1. The lowest BCUT2D eigenvalue weighted by molar-refractivity contribution is -0.150. The molecule has 0 spiro atoms. The minimum atomic E-state index is -1.37. The molecule has 0 aromatic heterocycles. The van der Waals surface area contributed by atoms with Crippen LogP contribution in [0.5, 0.6) is 0 Å². The van der Waals surface area contributed by atoms with E-state index in [0.29, 0.717) is 0 Å². The van der Waals surface area contributed by atoms with Gasteiger partial charge in [0.05, 0.1) is 6.54 Å². The number of ether oxygens (including phenoxy) is 3. The van der Waals surface area contributed by atoms with Crippen LogP contribution in [-0.2, 0) is 19.0 Å². The first-order chi connectivity index (χ1) is 17.3. The summed E-state index contributed by atoms with van der Waals surface area (Å²) < 4.78 is 17.1. The van der Waals surface area contributed by atoms with Crippen LogP contribution in [0.4, 0.5) is 9.59 Å². The molecule has 1 heterocycles. The average molecular weight is 511 g/mol. The molecule has 2 amide bonds. The molecule has 198 valence electrons. The number of rotatable bonds is 5. The van der Waals surface area contributed by atoms with Gasteiger partial charge in [-0.3, -0.25) is 9.80 Å². The van der Waals surface area contributed by atoms with E-state index in [4.69, 9.17) is 14.2 Å². The van der Waals surface area contributed by atoms with Gasteiger partial charge in [0.15, 0.2) is 6.04 Å². The quantitative estimate of drug-likeness (QED) is 0.622. The highest BCUT2D eigenvalue weighted by Crippen LogP contribution is 2.44. The number of carboxylic acid groups (broad SMARTS) is 1. The molecule has 2 atom stereocenters. The van der Waals surface area contributed by atoms with Crippen molar-refractivity contribution in [2.45, 2.75) is 64.0 Å². The molecule has 1 saturated heterocycles. The maximum atomic E-state index is 13.1. The molecule has 2 aliphatic rings. The topological polar surface area (TPSA) is 106 Å². The number of fused-ring (bicyclic) bond motifs is 3. The minimum Gasteiger partial charge on any atom is -0.480 e. The summed E-state index contributed by atoms with van der Waals surface area (Å²) in [5.41, 5.74) is 2.46. The van der Waals surface area contributed by atoms with Gasteiger partial charge >= 0.3 is 18.2 Å². The van der Waals surface area contributed by atoms with Gasteiger partial charge in [-0.2, -0.15) is 0 Å². The number of carbonyl (C=O) groups excluding carboxylic acids is 2. The average Bonchev–Trinajstić information content (AvgIpc) is 3.30. The first-order valence-corrected chi connectivity index (χ1v) is 12.3. The Morgan fingerprint density at radius 3 is 2.14 bits per heavy atom. The zero-order chi connectivity index (χ0) is 27.1. The summed E-state index contributed by atoms with van der Waals surface area (Å²) in [6.45, 7) is 8.56. The smallest absolute Gasteiger partial charge is 0.412 e. The van der Waals surface area contributed by atoms with E-state index in [9.17, 15) is 19.5 Å². The van der Waals surface area contributed by atoms with Crippen molar-refractivity contribution in [2.75, 3.05) is 20.2 Å². The van der Waals surface area contributed by atoms with Gasteiger partial charge < -0.3 is 19.3 Å². The number of likely N-dealkylation sites (N-methyl/N-ethyl adjacent to an activating group) is 1. The minimum absolute atomic E-state index is 0.0557. The summed E-state index contributed by atoms with van der Waals surface area (Å²) in [6, 6.07) is 14.6. The fourth-order valence-electron chi connectivity index (χ4n) is 5.03. The van der Waals surface area contributed by atoms with Crippen molar-refractivity contribution in [3.8, 4) is 11.1 Å². The third-order valence-electron chi connectivity index (χ3n) is 6.71. The van der Waals surface area contributed by atoms with E-state index in [1.165, 1.54) is 11.9 Å². The van der Waals surface area contributed by atoms with Gasteiger partial charge in [0, 0.05) is 13.0 Å². The highest BCUT2D eigenvalue weighted by atomic mass is 16.6. The van der Waals surface area contributed by atoms with E-state index in [0.717, 1.165) is 27.2 Å². The molecule has 0 unspecified atom stereocenters. The molecule has 9 nitrogen and oxygen atoms in total. The summed E-state index contributed by atoms with van der Waals surface area (Å²) in [6.07, 6.45) is -2.38. The van der Waals surface area contributed by atoms with Crippen molar-refractivity contribution in [1.82, 2.24) is 9.80 Å². The molecule has 2 aromatic carbocycles. The largest absolute Gasteiger partial charge is 0.480 e. The lowest BCUT2D eigenvalue weighted by Gasteiger charge is -2.32. The number of amides is 2. The van der Waals surface area contributed by atoms with E-state index in [1.807, 2.05) is 48.5 Å². The normalized spacial score (nSPS) is 19.1. The van der Waals surface area contributed by atoms with Crippen molar-refractivity contribution in [2.24, 2.45) is 0 Å². The molecule has 1 aliphatic heterocycles. The molecule has 9 heteroatoms. The number of nitrogens with zero attached hydrogens (tertiary/aromatic N) is 2. The predicted octanol–water partition coefficient (Wildman–Crippen LogP) is 4.69. The Balaban J connectivity index is 1.47. The zero-order valence-electron chi connectivity index (χ0n) is 22.1. The first kappa shape index (κ1) is 26.5. The molecule has 1 aliphatic carbocycles. The number of hydrogen-bond donors (Lipinski definition) is 1. The van der Waals surface area contributed by atoms with Crippen LogP contribution in [0.1, 0.15) is 51.7 Å². The lowest BCUT2D eigenvalue weighted by atomic mass is 9.98. The van der Waals surface area contributed by atoms with Crippen molar-refractivity contribution in [3.63, 3.8) is 0 Å². The van der Waals surface area contributed by atoms with Crippen molar-refractivity contribution >= 4 is 18.2 Å². The van der Waals surface area contributed by atoms with Gasteiger partial charge in [-0.25, -0.2) is 14.4 Å². The molecule has 0 bridgehead atoms. The number of benzene rings is 2. The maximum absolute atomic E-state index is 13.1. The molecular formula is C28H34N2O7. The van der Waals surface area contributed by atoms with Crippen LogP contribution in [0.15, 0.2) is 48.5 Å². The van der Waals surface area contributed by atoms with Crippen LogP contribution in [0, 0.1) is 0 Å². The van der Waals surface area contributed by atoms with E-state index >= 15 is 0 Å². The third kappa shape index (κ3) is 5.27. The number of hydrogen-bond acceptors (Lipinski definition) is 6. The zero-order valence-corrected chi connectivity index (χ0v) is 22.1. The fourth-order valence-corrected chi connectivity index (χ4v) is 5.03. The molecule has 1 N–H and O–H groups in total. The van der Waals surface area contributed by atoms with Crippen LogP contribution in [-0.4, -0.2) is 76.7 Å². The summed E-state index contributed by atoms with van der Waals surface area (Å²) in [4.78, 5) is 40.4. The van der Waals surface area contributed by atoms with Gasteiger partial charge in [0.25, 0.3) is 0 Å². The molecule has 2 aromatic rings. The highest BCUT2D eigenvalue weighted by Gasteiger charge is 2.50. The molecule has 37 heavy (non-hydrogen) atoms. The van der Waals surface area contributed by atoms with Gasteiger partial charge in [-0.15, -0.1) is 0 Å². The van der Waals surface area contributed by atoms with Crippen molar-refractivity contribution < 1.29 is 33.7 Å². The molecule has 0 saturated carbocycles. The molecule has 4 rings (SSSR count). The second-order valence-electron chi connectivity index (χ2n) is 10.9. The van der Waals surface area contributed by atoms with Crippen LogP contribution < -0.4 is 0 Å². The summed E-state index contributed by atoms with van der Waals surface area (Å²) in [5, 5.41) is 10.0. The summed E-state index contributed by atoms with van der Waals surface area (Å²) in [7, 11) is 1.37. The van der Waals surface area contributed by atoms with Crippen LogP contribution in [0.2, 0.25) is 0 Å². The van der Waals surface area contributed by atoms with Crippen LogP contribution in [0.3, 0.4) is 0 Å². The Hall–Kier alpha value is -3.59. The second kappa shape index (κ2) is 9.70. The predicted molar refractivity (Wildman–Crippen MR) is 136 cm³/mol. The first-order valence-electron chi connectivity index (χ1n) is 12.3. The van der Waals surface area contributed by atoms with E-state index < -0.39 is 41.6 Å². The fraction of sp³-hybridized carbons (Fsp3) is 0.464. The summed E-state index contributed by atoms with van der Waals surface area (Å²) in [5.74, 6) is -1.42. The maximum Gasteiger partial charge on any atom is 0.412 e. The Labute approximate surface area is 216 Å². The Morgan fingerprint density at radius 1 is 1.08 bits per heavy atom. The molecule has 0 radical (unpaired) electrons. The van der Waals surface area contributed by atoms with Gasteiger partial charge in [-0.1, -0.05) is 48.5 Å². The van der Waals surface area contributed by atoms with E-state index in [2.05, 4.69) is 0 Å². The number of carbonyl (C=O) groups is 3. The lowest BCUT2D eigenvalue weighted by Crippen LogP contribution is -2.51. The van der Waals surface area contributed by atoms with E-state index in [1.54, 1.807) is 34.6 Å². The summed E-state index contributed by atoms with van der Waals surface area (Å²) >= 11 is 0. The Morgan fingerprint density at radius 2 is 1.62 bits per heavy atom. The van der Waals surface area contributed by atoms with Crippen LogP contribution in [0.25, 0.3) is 11.1 Å². The number of aliphatic carboxylic acids is 1. The monoisotopic (exact) mass is 510 g/mol.